The molecule has 4 rings (SSSR count). The minimum absolute atomic E-state index is 0.0140. The van der Waals surface area contributed by atoms with Crippen LogP contribution in [-0.4, -0.2) is 45.1 Å². The lowest BCUT2D eigenvalue weighted by molar-refractivity contribution is -0.131. The molecule has 0 saturated carbocycles. The van der Waals surface area contributed by atoms with Crippen molar-refractivity contribution in [3.05, 3.63) is 63.1 Å². The smallest absolute Gasteiger partial charge is 0.267 e. The Kier molecular flexibility index (Phi) is 5.27. The van der Waals surface area contributed by atoms with Gasteiger partial charge in [-0.05, 0) is 36.1 Å². The summed E-state index contributed by atoms with van der Waals surface area (Å²) in [5.74, 6) is 2.61. The lowest BCUT2D eigenvalue weighted by Gasteiger charge is -2.28. The number of likely N-dealkylation sites (tertiary alicyclic amines) is 1. The zero-order chi connectivity index (χ0) is 19.5. The summed E-state index contributed by atoms with van der Waals surface area (Å²) in [5, 5.41) is 4.50. The second-order valence-corrected chi connectivity index (χ2v) is 7.50. The first-order valence-corrected chi connectivity index (χ1v) is 9.78. The van der Waals surface area contributed by atoms with Crippen molar-refractivity contribution in [2.24, 2.45) is 0 Å². The van der Waals surface area contributed by atoms with E-state index in [0.29, 0.717) is 6.54 Å². The molecule has 0 spiro atoms. The molecular weight excluding hydrogens is 352 g/mol. The van der Waals surface area contributed by atoms with Crippen molar-refractivity contribution in [2.45, 2.75) is 38.9 Å². The summed E-state index contributed by atoms with van der Waals surface area (Å²) in [6, 6.07) is 9.64. The van der Waals surface area contributed by atoms with Gasteiger partial charge in [0.25, 0.3) is 5.56 Å². The Hall–Kier alpha value is -2.91. The largest absolute Gasteiger partial charge is 0.341 e. The van der Waals surface area contributed by atoms with Gasteiger partial charge >= 0.3 is 0 Å². The van der Waals surface area contributed by atoms with Crippen LogP contribution < -0.4 is 5.56 Å². The van der Waals surface area contributed by atoms with E-state index >= 15 is 0 Å². The third-order valence-corrected chi connectivity index (χ3v) is 5.49. The Bertz CT molecular complexity index is 966. The molecular formula is C22H24N4O2. The standard InChI is InChI=1S/C22H24N4O2/c1-2-17-5-7-18(8-6-17)14-24-12-9-20-19(15-24)13-21(27)26(23-20)16-22(28)25-10-3-4-11-25/h1,5-8,13H,3-4,9-12,14-16H2. The van der Waals surface area contributed by atoms with Crippen molar-refractivity contribution in [1.82, 2.24) is 19.6 Å². The maximum atomic E-state index is 12.5. The van der Waals surface area contributed by atoms with Crippen LogP contribution in [-0.2, 0) is 30.8 Å². The predicted octanol–water partition coefficient (Wildman–Crippen LogP) is 1.41. The van der Waals surface area contributed by atoms with Gasteiger partial charge in [0, 0.05) is 50.8 Å². The lowest BCUT2D eigenvalue weighted by atomic mass is 10.1. The highest BCUT2D eigenvalue weighted by Crippen LogP contribution is 2.18. The number of hydrogen-bond acceptors (Lipinski definition) is 4. The Morgan fingerprint density at radius 3 is 2.61 bits per heavy atom. The number of nitrogens with zero attached hydrogens (tertiary/aromatic N) is 4. The minimum atomic E-state index is -0.202. The van der Waals surface area contributed by atoms with Crippen molar-refractivity contribution >= 4 is 5.91 Å². The van der Waals surface area contributed by atoms with Crippen molar-refractivity contribution in [3.8, 4) is 12.3 Å². The van der Waals surface area contributed by atoms with Gasteiger partial charge in [0.15, 0.2) is 0 Å². The van der Waals surface area contributed by atoms with Gasteiger partial charge in [-0.25, -0.2) is 4.68 Å². The maximum Gasteiger partial charge on any atom is 0.267 e. The molecule has 1 amide bonds. The van der Waals surface area contributed by atoms with E-state index in [9.17, 15) is 9.59 Å². The summed E-state index contributed by atoms with van der Waals surface area (Å²) < 4.78 is 1.33. The van der Waals surface area contributed by atoms with Crippen LogP contribution in [0.4, 0.5) is 0 Å². The number of rotatable bonds is 4. The molecule has 2 aliphatic heterocycles. The predicted molar refractivity (Wildman–Crippen MR) is 107 cm³/mol. The average molecular weight is 376 g/mol. The fraction of sp³-hybridized carbons (Fsp3) is 0.409. The third kappa shape index (κ3) is 4.00. The van der Waals surface area contributed by atoms with Gasteiger partial charge < -0.3 is 4.90 Å². The Balaban J connectivity index is 1.44. The zero-order valence-electron chi connectivity index (χ0n) is 15.9. The second kappa shape index (κ2) is 7.99. The molecule has 1 aromatic heterocycles. The fourth-order valence-electron chi connectivity index (χ4n) is 3.90. The van der Waals surface area contributed by atoms with E-state index in [2.05, 4.69) is 15.9 Å². The normalized spacial score (nSPS) is 16.6. The van der Waals surface area contributed by atoms with E-state index in [1.807, 2.05) is 29.2 Å². The lowest BCUT2D eigenvalue weighted by Crippen LogP contribution is -2.38. The number of aromatic nitrogens is 2. The van der Waals surface area contributed by atoms with Gasteiger partial charge in [-0.3, -0.25) is 14.5 Å². The number of carbonyl (C=O) groups excluding carboxylic acids is 1. The molecule has 144 valence electrons. The number of benzene rings is 1. The van der Waals surface area contributed by atoms with Gasteiger partial charge in [-0.1, -0.05) is 18.1 Å². The quantitative estimate of drug-likeness (QED) is 0.757. The molecule has 0 N–H and O–H groups in total. The Morgan fingerprint density at radius 1 is 1.14 bits per heavy atom. The van der Waals surface area contributed by atoms with E-state index in [1.54, 1.807) is 6.07 Å². The topological polar surface area (TPSA) is 58.4 Å². The summed E-state index contributed by atoms with van der Waals surface area (Å²) >= 11 is 0. The number of terminal acetylenes is 1. The highest BCUT2D eigenvalue weighted by atomic mass is 16.2. The van der Waals surface area contributed by atoms with Crippen LogP contribution in [0.5, 0.6) is 0 Å². The van der Waals surface area contributed by atoms with Crippen molar-refractivity contribution in [2.75, 3.05) is 19.6 Å². The zero-order valence-corrected chi connectivity index (χ0v) is 15.9. The van der Waals surface area contributed by atoms with Gasteiger partial charge in [0.1, 0.15) is 6.54 Å². The first-order chi connectivity index (χ1) is 13.6. The highest BCUT2D eigenvalue weighted by Gasteiger charge is 2.22. The van der Waals surface area contributed by atoms with Gasteiger partial charge in [-0.2, -0.15) is 5.10 Å². The van der Waals surface area contributed by atoms with Crippen LogP contribution in [0.25, 0.3) is 0 Å². The number of amides is 1. The fourth-order valence-corrected chi connectivity index (χ4v) is 3.90. The van der Waals surface area contributed by atoms with Gasteiger partial charge in [-0.15, -0.1) is 6.42 Å². The first kappa shape index (κ1) is 18.5. The number of carbonyl (C=O) groups is 1. The molecule has 2 aromatic rings. The number of fused-ring (bicyclic) bond motifs is 1. The van der Waals surface area contributed by atoms with Crippen LogP contribution in [0.2, 0.25) is 0 Å². The molecule has 0 aliphatic carbocycles. The second-order valence-electron chi connectivity index (χ2n) is 7.50. The average Bonchev–Trinajstić information content (AvgIpc) is 3.24. The first-order valence-electron chi connectivity index (χ1n) is 9.78. The maximum absolute atomic E-state index is 12.5. The summed E-state index contributed by atoms with van der Waals surface area (Å²) in [5.41, 5.74) is 3.75. The van der Waals surface area contributed by atoms with Crippen LogP contribution in [0.1, 0.15) is 35.2 Å². The molecule has 2 aliphatic rings. The summed E-state index contributed by atoms with van der Waals surface area (Å²) in [6.07, 6.45) is 8.26. The Morgan fingerprint density at radius 2 is 1.89 bits per heavy atom. The number of hydrogen-bond donors (Lipinski definition) is 0. The molecule has 1 saturated heterocycles. The van der Waals surface area contributed by atoms with E-state index in [-0.39, 0.29) is 18.0 Å². The van der Waals surface area contributed by atoms with Crippen LogP contribution in [0.3, 0.4) is 0 Å². The van der Waals surface area contributed by atoms with Crippen molar-refractivity contribution < 1.29 is 4.79 Å². The summed E-state index contributed by atoms with van der Waals surface area (Å²) in [6.45, 7) is 3.98. The van der Waals surface area contributed by atoms with Crippen molar-refractivity contribution in [3.63, 3.8) is 0 Å². The molecule has 0 unspecified atom stereocenters. The summed E-state index contributed by atoms with van der Waals surface area (Å²) in [4.78, 5) is 28.9. The summed E-state index contributed by atoms with van der Waals surface area (Å²) in [7, 11) is 0. The molecule has 0 bridgehead atoms. The van der Waals surface area contributed by atoms with Crippen LogP contribution in [0, 0.1) is 12.3 Å². The third-order valence-electron chi connectivity index (χ3n) is 5.49. The molecule has 0 radical (unpaired) electrons. The molecule has 0 atom stereocenters. The Labute approximate surface area is 164 Å². The van der Waals surface area contributed by atoms with Gasteiger partial charge in [0.05, 0.1) is 5.69 Å². The monoisotopic (exact) mass is 376 g/mol. The molecule has 1 aromatic carbocycles. The molecule has 6 heteroatoms. The van der Waals surface area contributed by atoms with E-state index in [1.165, 1.54) is 10.2 Å². The van der Waals surface area contributed by atoms with Crippen LogP contribution in [0.15, 0.2) is 35.1 Å². The van der Waals surface area contributed by atoms with Crippen molar-refractivity contribution in [1.29, 1.82) is 0 Å². The molecule has 6 nitrogen and oxygen atoms in total. The SMILES string of the molecule is C#Cc1ccc(CN2CCc3nn(CC(=O)N4CCCC4)c(=O)cc3C2)cc1. The van der Waals surface area contributed by atoms with E-state index < -0.39 is 0 Å². The highest BCUT2D eigenvalue weighted by molar-refractivity contribution is 5.76. The van der Waals surface area contributed by atoms with E-state index in [4.69, 9.17) is 6.42 Å². The van der Waals surface area contributed by atoms with Gasteiger partial charge in [0.2, 0.25) is 5.91 Å². The molecule has 1 fully saturated rings. The molecule has 28 heavy (non-hydrogen) atoms. The van der Waals surface area contributed by atoms with E-state index in [0.717, 1.165) is 62.3 Å². The molecule has 3 heterocycles. The van der Waals surface area contributed by atoms with Crippen LogP contribution >= 0.6 is 0 Å². The minimum Gasteiger partial charge on any atom is -0.341 e.